The van der Waals surface area contributed by atoms with E-state index in [1.807, 2.05) is 25.1 Å². The standard InChI is InChI=1S/C20H21N3O2/c1-3-14-4-5-18-16(11-14)17(10-13(2)23-18)20(25)22-12-19(24)15-6-8-21-9-7-15/h4-11,19,24H,3,12H2,1-2H3,(H,22,25). The van der Waals surface area contributed by atoms with Crippen molar-refractivity contribution in [1.29, 1.82) is 0 Å². The highest BCUT2D eigenvalue weighted by atomic mass is 16.3. The van der Waals surface area contributed by atoms with Crippen molar-refractivity contribution in [2.24, 2.45) is 0 Å². The number of hydrogen-bond acceptors (Lipinski definition) is 4. The fourth-order valence-electron chi connectivity index (χ4n) is 2.80. The molecule has 1 atom stereocenters. The molecule has 5 nitrogen and oxygen atoms in total. The first kappa shape index (κ1) is 17.0. The van der Waals surface area contributed by atoms with Crippen LogP contribution in [0.2, 0.25) is 0 Å². The summed E-state index contributed by atoms with van der Waals surface area (Å²) >= 11 is 0. The number of rotatable bonds is 5. The van der Waals surface area contributed by atoms with Crippen LogP contribution >= 0.6 is 0 Å². The maximum absolute atomic E-state index is 12.7. The van der Waals surface area contributed by atoms with E-state index in [1.54, 1.807) is 30.6 Å². The lowest BCUT2D eigenvalue weighted by Gasteiger charge is -2.13. The summed E-state index contributed by atoms with van der Waals surface area (Å²) in [7, 11) is 0. The second-order valence-corrected chi connectivity index (χ2v) is 6.02. The van der Waals surface area contributed by atoms with Crippen molar-refractivity contribution >= 4 is 16.8 Å². The Morgan fingerprint density at radius 1 is 1.20 bits per heavy atom. The Labute approximate surface area is 146 Å². The van der Waals surface area contributed by atoms with Gasteiger partial charge in [0.05, 0.1) is 17.2 Å². The molecule has 3 aromatic rings. The second kappa shape index (κ2) is 7.40. The molecule has 3 rings (SSSR count). The fourth-order valence-corrected chi connectivity index (χ4v) is 2.80. The number of aryl methyl sites for hydroxylation is 2. The minimum atomic E-state index is -0.771. The van der Waals surface area contributed by atoms with E-state index in [2.05, 4.69) is 22.2 Å². The summed E-state index contributed by atoms with van der Waals surface area (Å²) in [6.45, 7) is 4.09. The molecule has 2 aromatic heterocycles. The van der Waals surface area contributed by atoms with Gasteiger partial charge in [0.1, 0.15) is 0 Å². The molecule has 2 heterocycles. The van der Waals surface area contributed by atoms with Crippen LogP contribution in [-0.4, -0.2) is 27.5 Å². The average molecular weight is 335 g/mol. The van der Waals surface area contributed by atoms with Gasteiger partial charge < -0.3 is 10.4 Å². The number of carbonyl (C=O) groups is 1. The molecular formula is C20H21N3O2. The van der Waals surface area contributed by atoms with Crippen LogP contribution < -0.4 is 5.32 Å². The van der Waals surface area contributed by atoms with Gasteiger partial charge >= 0.3 is 0 Å². The molecule has 0 radical (unpaired) electrons. The summed E-state index contributed by atoms with van der Waals surface area (Å²) in [5.41, 5.74) is 4.05. The van der Waals surface area contributed by atoms with Crippen molar-refractivity contribution in [3.8, 4) is 0 Å². The first-order valence-corrected chi connectivity index (χ1v) is 8.35. The molecule has 0 saturated heterocycles. The van der Waals surface area contributed by atoms with E-state index in [0.29, 0.717) is 5.56 Å². The van der Waals surface area contributed by atoms with Gasteiger partial charge in [0, 0.05) is 30.0 Å². The molecule has 1 unspecified atom stereocenters. The van der Waals surface area contributed by atoms with Gasteiger partial charge in [-0.25, -0.2) is 0 Å². The first-order valence-electron chi connectivity index (χ1n) is 8.35. The van der Waals surface area contributed by atoms with Gasteiger partial charge in [-0.3, -0.25) is 14.8 Å². The number of amides is 1. The lowest BCUT2D eigenvalue weighted by atomic mass is 10.0. The maximum atomic E-state index is 12.7. The van der Waals surface area contributed by atoms with Gasteiger partial charge in [0.2, 0.25) is 0 Å². The van der Waals surface area contributed by atoms with Crippen molar-refractivity contribution in [2.75, 3.05) is 6.54 Å². The van der Waals surface area contributed by atoms with Crippen LogP contribution in [0.15, 0.2) is 48.8 Å². The van der Waals surface area contributed by atoms with Crippen LogP contribution in [0.3, 0.4) is 0 Å². The van der Waals surface area contributed by atoms with E-state index >= 15 is 0 Å². The lowest BCUT2D eigenvalue weighted by molar-refractivity contribution is 0.0918. The summed E-state index contributed by atoms with van der Waals surface area (Å²) in [6, 6.07) is 11.2. The summed E-state index contributed by atoms with van der Waals surface area (Å²) in [4.78, 5) is 21.1. The highest BCUT2D eigenvalue weighted by Crippen LogP contribution is 2.21. The molecule has 2 N–H and O–H groups in total. The Morgan fingerprint density at radius 3 is 2.68 bits per heavy atom. The minimum absolute atomic E-state index is 0.138. The third kappa shape index (κ3) is 3.83. The Morgan fingerprint density at radius 2 is 1.96 bits per heavy atom. The third-order valence-corrected chi connectivity index (χ3v) is 4.20. The number of benzene rings is 1. The predicted molar refractivity (Wildman–Crippen MR) is 97.4 cm³/mol. The third-order valence-electron chi connectivity index (χ3n) is 4.20. The fraction of sp³-hybridized carbons (Fsp3) is 0.250. The largest absolute Gasteiger partial charge is 0.387 e. The van der Waals surface area contributed by atoms with Gasteiger partial charge in [-0.1, -0.05) is 13.0 Å². The first-order chi connectivity index (χ1) is 12.1. The number of aliphatic hydroxyl groups excluding tert-OH is 1. The van der Waals surface area contributed by atoms with E-state index in [1.165, 1.54) is 0 Å². The molecule has 0 fully saturated rings. The number of nitrogens with zero attached hydrogens (tertiary/aromatic N) is 2. The summed E-state index contributed by atoms with van der Waals surface area (Å²) < 4.78 is 0. The van der Waals surface area contributed by atoms with Gasteiger partial charge in [0.15, 0.2) is 0 Å². The molecule has 1 amide bonds. The smallest absolute Gasteiger partial charge is 0.252 e. The number of carbonyl (C=O) groups excluding carboxylic acids is 1. The molecule has 1 aromatic carbocycles. The van der Waals surface area contributed by atoms with Crippen LogP contribution in [0.25, 0.3) is 10.9 Å². The van der Waals surface area contributed by atoms with Crippen LogP contribution in [-0.2, 0) is 6.42 Å². The lowest BCUT2D eigenvalue weighted by Crippen LogP contribution is -2.28. The van der Waals surface area contributed by atoms with E-state index in [9.17, 15) is 9.90 Å². The maximum Gasteiger partial charge on any atom is 0.252 e. The van der Waals surface area contributed by atoms with Gasteiger partial charge in [-0.2, -0.15) is 0 Å². The van der Waals surface area contributed by atoms with E-state index in [0.717, 1.165) is 34.1 Å². The van der Waals surface area contributed by atoms with Crippen LogP contribution in [0.1, 0.15) is 40.2 Å². The quantitative estimate of drug-likeness (QED) is 0.752. The molecular weight excluding hydrogens is 314 g/mol. The molecule has 5 heteroatoms. The molecule has 25 heavy (non-hydrogen) atoms. The topological polar surface area (TPSA) is 75.1 Å². The highest BCUT2D eigenvalue weighted by molar-refractivity contribution is 6.06. The number of hydrogen-bond donors (Lipinski definition) is 2. The van der Waals surface area contributed by atoms with Gasteiger partial charge in [-0.15, -0.1) is 0 Å². The molecule has 128 valence electrons. The number of pyridine rings is 2. The molecule has 0 aliphatic carbocycles. The zero-order valence-corrected chi connectivity index (χ0v) is 14.4. The minimum Gasteiger partial charge on any atom is -0.387 e. The Bertz CT molecular complexity index is 894. The summed E-state index contributed by atoms with van der Waals surface area (Å²) in [5.74, 6) is -0.211. The Kier molecular flexibility index (Phi) is 5.05. The van der Waals surface area contributed by atoms with E-state index in [4.69, 9.17) is 0 Å². The van der Waals surface area contributed by atoms with Crippen molar-refractivity contribution in [3.05, 3.63) is 71.2 Å². The van der Waals surface area contributed by atoms with E-state index in [-0.39, 0.29) is 12.5 Å². The Balaban J connectivity index is 1.84. The molecule has 0 aliphatic heterocycles. The number of aliphatic hydroxyl groups is 1. The van der Waals surface area contributed by atoms with Gasteiger partial charge in [0.25, 0.3) is 5.91 Å². The summed E-state index contributed by atoms with van der Waals surface area (Å²) in [6.07, 6.45) is 3.36. The number of fused-ring (bicyclic) bond motifs is 1. The molecule has 0 bridgehead atoms. The van der Waals surface area contributed by atoms with Crippen LogP contribution in [0, 0.1) is 6.92 Å². The van der Waals surface area contributed by atoms with Crippen molar-refractivity contribution in [2.45, 2.75) is 26.4 Å². The second-order valence-electron chi connectivity index (χ2n) is 6.02. The normalized spacial score (nSPS) is 12.1. The molecule has 0 saturated carbocycles. The van der Waals surface area contributed by atoms with Crippen molar-refractivity contribution in [3.63, 3.8) is 0 Å². The van der Waals surface area contributed by atoms with E-state index < -0.39 is 6.10 Å². The number of nitrogens with one attached hydrogen (secondary N) is 1. The zero-order valence-electron chi connectivity index (χ0n) is 14.4. The van der Waals surface area contributed by atoms with Crippen molar-refractivity contribution in [1.82, 2.24) is 15.3 Å². The Hall–Kier alpha value is -2.79. The molecule has 0 aliphatic rings. The van der Waals surface area contributed by atoms with Gasteiger partial charge in [-0.05, 0) is 54.8 Å². The average Bonchev–Trinajstić information content (AvgIpc) is 2.65. The highest BCUT2D eigenvalue weighted by Gasteiger charge is 2.14. The van der Waals surface area contributed by atoms with Crippen LogP contribution in [0.5, 0.6) is 0 Å². The van der Waals surface area contributed by atoms with Crippen molar-refractivity contribution < 1.29 is 9.90 Å². The summed E-state index contributed by atoms with van der Waals surface area (Å²) in [5, 5.41) is 13.9. The van der Waals surface area contributed by atoms with Crippen LogP contribution in [0.4, 0.5) is 0 Å². The SMILES string of the molecule is CCc1ccc2nc(C)cc(C(=O)NCC(O)c3ccncc3)c2c1. The molecule has 0 spiro atoms. The zero-order chi connectivity index (χ0) is 17.8. The monoisotopic (exact) mass is 335 g/mol. The number of aromatic nitrogens is 2. The predicted octanol–water partition coefficient (Wildman–Crippen LogP) is 2.96.